The second-order valence-electron chi connectivity index (χ2n) is 4.73. The topological polar surface area (TPSA) is 42.5 Å². The van der Waals surface area contributed by atoms with Crippen molar-refractivity contribution in [2.45, 2.75) is 6.92 Å². The minimum Gasteiger partial charge on any atom is -0.264 e. The Kier molecular flexibility index (Phi) is 5.15. The van der Waals surface area contributed by atoms with Gasteiger partial charge in [0.1, 0.15) is 0 Å². The predicted molar refractivity (Wildman–Crippen MR) is 98.8 cm³/mol. The van der Waals surface area contributed by atoms with Crippen LogP contribution in [0, 0.1) is 0 Å². The second kappa shape index (κ2) is 7.48. The molecule has 0 N–H and O–H groups in total. The summed E-state index contributed by atoms with van der Waals surface area (Å²) < 4.78 is 2.94. The third-order valence-electron chi connectivity index (χ3n) is 3.13. The van der Waals surface area contributed by atoms with Crippen molar-refractivity contribution in [1.82, 2.24) is 9.66 Å². The number of benzene rings is 1. The standard InChI is InChI=1S/C17H15BrN4S/c1-2-20-17-22(21-11-13-4-3-9-19-10-13)16(12-23-17)14-5-7-15(18)8-6-14/h3-12H,2H2,1H3/b20-17?,21-11-. The molecule has 2 aromatic heterocycles. The molecule has 116 valence electrons. The van der Waals surface area contributed by atoms with Crippen LogP contribution in [-0.4, -0.2) is 22.4 Å². The quantitative estimate of drug-likeness (QED) is 0.620. The molecule has 0 radical (unpaired) electrons. The van der Waals surface area contributed by atoms with Crippen LogP contribution in [0.3, 0.4) is 0 Å². The van der Waals surface area contributed by atoms with Crippen LogP contribution in [-0.2, 0) is 0 Å². The van der Waals surface area contributed by atoms with E-state index in [4.69, 9.17) is 0 Å². The highest BCUT2D eigenvalue weighted by molar-refractivity contribution is 9.10. The van der Waals surface area contributed by atoms with Crippen LogP contribution in [0.15, 0.2) is 68.7 Å². The van der Waals surface area contributed by atoms with E-state index in [1.807, 2.05) is 35.9 Å². The van der Waals surface area contributed by atoms with Crippen molar-refractivity contribution in [3.63, 3.8) is 0 Å². The minimum absolute atomic E-state index is 0.725. The molecule has 0 unspecified atom stereocenters. The first kappa shape index (κ1) is 15.8. The first-order chi connectivity index (χ1) is 11.3. The van der Waals surface area contributed by atoms with E-state index < -0.39 is 0 Å². The van der Waals surface area contributed by atoms with E-state index in [9.17, 15) is 0 Å². The first-order valence-electron chi connectivity index (χ1n) is 7.19. The van der Waals surface area contributed by atoms with E-state index in [1.54, 1.807) is 29.9 Å². The zero-order valence-corrected chi connectivity index (χ0v) is 15.0. The van der Waals surface area contributed by atoms with E-state index in [2.05, 4.69) is 48.5 Å². The molecule has 2 heterocycles. The summed E-state index contributed by atoms with van der Waals surface area (Å²) in [6.45, 7) is 2.75. The third-order valence-corrected chi connectivity index (χ3v) is 4.51. The molecule has 4 nitrogen and oxygen atoms in total. The number of halogens is 1. The summed E-state index contributed by atoms with van der Waals surface area (Å²) in [4.78, 5) is 9.51. The fourth-order valence-electron chi connectivity index (χ4n) is 2.05. The lowest BCUT2D eigenvalue weighted by Gasteiger charge is -2.03. The third kappa shape index (κ3) is 3.83. The van der Waals surface area contributed by atoms with Gasteiger partial charge in [0.2, 0.25) is 4.80 Å². The first-order valence-corrected chi connectivity index (χ1v) is 8.86. The fraction of sp³-hybridized carbons (Fsp3) is 0.118. The Hall–Kier alpha value is -2.05. The van der Waals surface area contributed by atoms with Gasteiger partial charge < -0.3 is 0 Å². The summed E-state index contributed by atoms with van der Waals surface area (Å²) in [6, 6.07) is 12.1. The molecule has 3 aromatic rings. The largest absolute Gasteiger partial charge is 0.264 e. The van der Waals surface area contributed by atoms with E-state index in [1.165, 1.54) is 0 Å². The van der Waals surface area contributed by atoms with Crippen molar-refractivity contribution < 1.29 is 0 Å². The van der Waals surface area contributed by atoms with Crippen molar-refractivity contribution in [3.05, 3.63) is 69.0 Å². The highest BCUT2D eigenvalue weighted by atomic mass is 79.9. The van der Waals surface area contributed by atoms with E-state index in [0.29, 0.717) is 0 Å². The lowest BCUT2D eigenvalue weighted by molar-refractivity contribution is 0.833. The van der Waals surface area contributed by atoms with Crippen LogP contribution < -0.4 is 4.80 Å². The van der Waals surface area contributed by atoms with Crippen LogP contribution >= 0.6 is 27.3 Å². The minimum atomic E-state index is 0.725. The Labute approximate surface area is 147 Å². The second-order valence-corrected chi connectivity index (χ2v) is 6.48. The number of pyridine rings is 1. The molecule has 0 bridgehead atoms. The van der Waals surface area contributed by atoms with Crippen molar-refractivity contribution in [1.29, 1.82) is 0 Å². The van der Waals surface area contributed by atoms with Crippen LogP contribution in [0.2, 0.25) is 0 Å². The normalized spacial score (nSPS) is 12.2. The number of hydrogen-bond donors (Lipinski definition) is 0. The number of aromatic nitrogens is 2. The molecule has 0 atom stereocenters. The number of thiazole rings is 1. The molecule has 0 saturated heterocycles. The van der Waals surface area contributed by atoms with Crippen LogP contribution in [0.4, 0.5) is 0 Å². The van der Waals surface area contributed by atoms with Gasteiger partial charge >= 0.3 is 0 Å². The lowest BCUT2D eigenvalue weighted by Crippen LogP contribution is -2.12. The van der Waals surface area contributed by atoms with Crippen LogP contribution in [0.25, 0.3) is 11.3 Å². The van der Waals surface area contributed by atoms with Gasteiger partial charge in [0.15, 0.2) is 0 Å². The van der Waals surface area contributed by atoms with Crippen LogP contribution in [0.5, 0.6) is 0 Å². The van der Waals surface area contributed by atoms with Gasteiger partial charge in [0, 0.05) is 39.9 Å². The Morgan fingerprint density at radius 2 is 2.09 bits per heavy atom. The average molecular weight is 387 g/mol. The van der Waals surface area contributed by atoms with E-state index >= 15 is 0 Å². The van der Waals surface area contributed by atoms with Gasteiger partial charge in [-0.15, -0.1) is 11.3 Å². The number of nitrogens with zero attached hydrogens (tertiary/aromatic N) is 4. The van der Waals surface area contributed by atoms with E-state index in [-0.39, 0.29) is 0 Å². The van der Waals surface area contributed by atoms with Gasteiger partial charge in [-0.3, -0.25) is 9.98 Å². The summed E-state index contributed by atoms with van der Waals surface area (Å²) in [5, 5.41) is 6.69. The molecule has 0 fully saturated rings. The summed E-state index contributed by atoms with van der Waals surface area (Å²) in [6.07, 6.45) is 5.34. The highest BCUT2D eigenvalue weighted by Gasteiger charge is 2.07. The number of hydrogen-bond acceptors (Lipinski definition) is 4. The average Bonchev–Trinajstić information content (AvgIpc) is 2.98. The zero-order chi connectivity index (χ0) is 16.1. The number of rotatable bonds is 4. The van der Waals surface area contributed by atoms with Crippen molar-refractivity contribution in [2.75, 3.05) is 6.54 Å². The van der Waals surface area contributed by atoms with Gasteiger partial charge in [-0.2, -0.15) is 5.10 Å². The Bertz CT molecular complexity index is 864. The fourth-order valence-corrected chi connectivity index (χ4v) is 3.22. The Morgan fingerprint density at radius 1 is 1.26 bits per heavy atom. The van der Waals surface area contributed by atoms with Gasteiger partial charge in [-0.25, -0.2) is 4.68 Å². The molecule has 3 rings (SSSR count). The SMILES string of the molecule is CCN=c1scc(-c2ccc(Br)cc2)n1/N=C\c1cccnc1. The molecule has 1 aromatic carbocycles. The lowest BCUT2D eigenvalue weighted by atomic mass is 10.2. The Balaban J connectivity index is 2.06. The van der Waals surface area contributed by atoms with Gasteiger partial charge in [0.05, 0.1) is 11.9 Å². The molecule has 0 aliphatic rings. The van der Waals surface area contributed by atoms with Gasteiger partial charge in [0.25, 0.3) is 0 Å². The molecular weight excluding hydrogens is 372 g/mol. The maximum Gasteiger partial charge on any atom is 0.206 e. The monoisotopic (exact) mass is 386 g/mol. The summed E-state index contributed by atoms with van der Waals surface area (Å²) in [5.41, 5.74) is 3.08. The molecular formula is C17H15BrN4S. The summed E-state index contributed by atoms with van der Waals surface area (Å²) in [7, 11) is 0. The van der Waals surface area contributed by atoms with Crippen molar-refractivity contribution >= 4 is 33.5 Å². The predicted octanol–water partition coefficient (Wildman–Crippen LogP) is 4.18. The molecule has 0 aliphatic heterocycles. The summed E-state index contributed by atoms with van der Waals surface area (Å²) in [5.74, 6) is 0. The molecule has 23 heavy (non-hydrogen) atoms. The van der Waals surface area contributed by atoms with Crippen molar-refractivity contribution in [2.24, 2.45) is 10.1 Å². The maximum absolute atomic E-state index is 4.61. The molecule has 6 heteroatoms. The molecule has 0 aliphatic carbocycles. The highest BCUT2D eigenvalue weighted by Crippen LogP contribution is 2.22. The van der Waals surface area contributed by atoms with E-state index in [0.717, 1.165) is 32.6 Å². The van der Waals surface area contributed by atoms with Crippen molar-refractivity contribution in [3.8, 4) is 11.3 Å². The maximum atomic E-state index is 4.61. The zero-order valence-electron chi connectivity index (χ0n) is 12.6. The van der Waals surface area contributed by atoms with Gasteiger partial charge in [-0.05, 0) is 25.1 Å². The molecule has 0 saturated carbocycles. The molecule has 0 amide bonds. The molecule has 0 spiro atoms. The smallest absolute Gasteiger partial charge is 0.206 e. The van der Waals surface area contributed by atoms with Gasteiger partial charge in [-0.1, -0.05) is 34.1 Å². The van der Waals surface area contributed by atoms with Crippen LogP contribution in [0.1, 0.15) is 12.5 Å². The Morgan fingerprint density at radius 3 is 2.78 bits per heavy atom. The summed E-state index contributed by atoms with van der Waals surface area (Å²) >= 11 is 5.06.